The topological polar surface area (TPSA) is 126 Å². The maximum Gasteiger partial charge on any atom is 0.255 e. The molecular formula is C36H34ClN7O3S. The second kappa shape index (κ2) is 14.1. The van der Waals surface area contributed by atoms with E-state index in [0.29, 0.717) is 17.1 Å². The Bertz CT molecular complexity index is 2040. The molecule has 2 fully saturated rings. The molecule has 2 atom stereocenters. The first-order valence-corrected chi connectivity index (χ1v) is 16.7. The van der Waals surface area contributed by atoms with Gasteiger partial charge in [-0.3, -0.25) is 4.79 Å². The minimum atomic E-state index is -0.210. The fourth-order valence-electron chi connectivity index (χ4n) is 6.19. The SMILES string of the molecule is Cl.O=C(Nc1ccc(OC2CCNC2)c(-c2cccc(-c3nn[nH]n3)c2)c1)c1ccc(OC2CCNC2)c(-c2ccc3ccsc3c2)c1. The molecule has 0 aliphatic carbocycles. The van der Waals surface area contributed by atoms with E-state index in [0.717, 1.165) is 78.3 Å². The van der Waals surface area contributed by atoms with E-state index in [1.807, 2.05) is 60.7 Å². The first-order valence-electron chi connectivity index (χ1n) is 15.8. The van der Waals surface area contributed by atoms with Crippen LogP contribution in [-0.2, 0) is 0 Å². The zero-order chi connectivity index (χ0) is 31.6. The van der Waals surface area contributed by atoms with Gasteiger partial charge in [0.2, 0.25) is 5.82 Å². The van der Waals surface area contributed by atoms with E-state index in [2.05, 4.69) is 66.2 Å². The Morgan fingerprint density at radius 3 is 2.25 bits per heavy atom. The number of amides is 1. The quantitative estimate of drug-likeness (QED) is 0.135. The number of aromatic nitrogens is 4. The highest BCUT2D eigenvalue weighted by Gasteiger charge is 2.22. The number of rotatable bonds is 9. The van der Waals surface area contributed by atoms with Gasteiger partial charge in [0.1, 0.15) is 23.7 Å². The van der Waals surface area contributed by atoms with Crippen molar-refractivity contribution in [3.63, 3.8) is 0 Å². The molecule has 12 heteroatoms. The van der Waals surface area contributed by atoms with Crippen LogP contribution in [0.1, 0.15) is 23.2 Å². The highest BCUT2D eigenvalue weighted by Crippen LogP contribution is 2.37. The Hall–Kier alpha value is -4.81. The molecule has 4 N–H and O–H groups in total. The summed E-state index contributed by atoms with van der Waals surface area (Å²) >= 11 is 1.70. The van der Waals surface area contributed by atoms with Crippen molar-refractivity contribution < 1.29 is 14.3 Å². The lowest BCUT2D eigenvalue weighted by atomic mass is 10.00. The molecule has 48 heavy (non-hydrogen) atoms. The minimum Gasteiger partial charge on any atom is -0.488 e. The summed E-state index contributed by atoms with van der Waals surface area (Å²) in [4.78, 5) is 13.8. The highest BCUT2D eigenvalue weighted by atomic mass is 35.5. The Morgan fingerprint density at radius 2 is 1.52 bits per heavy atom. The molecule has 6 aromatic rings. The van der Waals surface area contributed by atoms with Gasteiger partial charge in [-0.15, -0.1) is 33.9 Å². The number of tetrazole rings is 1. The van der Waals surface area contributed by atoms with E-state index in [1.165, 1.54) is 10.1 Å². The number of hydrogen-bond acceptors (Lipinski definition) is 9. The van der Waals surface area contributed by atoms with Crippen LogP contribution in [0.2, 0.25) is 0 Å². The number of anilines is 1. The van der Waals surface area contributed by atoms with E-state index in [4.69, 9.17) is 9.47 Å². The monoisotopic (exact) mass is 679 g/mol. The standard InChI is InChI=1S/C36H33N7O3S.ClH/c44-36(26-6-8-32(45-28-10-13-37-20-28)30(17-26)24-5-4-22-12-15-47-34(22)18-24)39-27-7-9-33(46-29-11-14-38-21-29)31(19-27)23-2-1-3-25(16-23)35-40-42-43-41-35;/h1-9,12,15-19,28-29,37-38H,10-11,13-14,20-21H2,(H,39,44)(H,40,41,42,43);1H. The van der Waals surface area contributed by atoms with Crippen molar-refractivity contribution in [1.82, 2.24) is 31.3 Å². The maximum atomic E-state index is 13.8. The molecular weight excluding hydrogens is 646 g/mol. The zero-order valence-corrected chi connectivity index (χ0v) is 27.6. The Labute approximate surface area is 287 Å². The van der Waals surface area contributed by atoms with E-state index in [1.54, 1.807) is 11.3 Å². The van der Waals surface area contributed by atoms with Crippen LogP contribution in [0.3, 0.4) is 0 Å². The van der Waals surface area contributed by atoms with Gasteiger partial charge in [-0.2, -0.15) is 5.21 Å². The van der Waals surface area contributed by atoms with Gasteiger partial charge in [0.25, 0.3) is 5.91 Å². The van der Waals surface area contributed by atoms with Gasteiger partial charge in [0.05, 0.1) is 0 Å². The third kappa shape index (κ3) is 6.76. The van der Waals surface area contributed by atoms with Crippen molar-refractivity contribution in [1.29, 1.82) is 0 Å². The lowest BCUT2D eigenvalue weighted by molar-refractivity contribution is 0.102. The average molecular weight is 680 g/mol. The van der Waals surface area contributed by atoms with Crippen LogP contribution in [0.5, 0.6) is 11.5 Å². The van der Waals surface area contributed by atoms with Crippen molar-refractivity contribution in [2.45, 2.75) is 25.0 Å². The molecule has 0 radical (unpaired) electrons. The first-order chi connectivity index (χ1) is 23.2. The lowest BCUT2D eigenvalue weighted by Gasteiger charge is -2.19. The summed E-state index contributed by atoms with van der Waals surface area (Å²) in [6.07, 6.45) is 2.04. The molecule has 4 aromatic carbocycles. The third-order valence-corrected chi connectivity index (χ3v) is 9.52. The number of benzene rings is 4. The summed E-state index contributed by atoms with van der Waals surface area (Å²) in [6, 6.07) is 27.9. The summed E-state index contributed by atoms with van der Waals surface area (Å²) in [6.45, 7) is 3.46. The predicted molar refractivity (Wildman–Crippen MR) is 191 cm³/mol. The van der Waals surface area contributed by atoms with Gasteiger partial charge >= 0.3 is 0 Å². The molecule has 2 saturated heterocycles. The fraction of sp³-hybridized carbons (Fsp3) is 0.222. The van der Waals surface area contributed by atoms with Crippen molar-refractivity contribution in [3.8, 4) is 45.1 Å². The van der Waals surface area contributed by atoms with Gasteiger partial charge in [-0.25, -0.2) is 0 Å². The van der Waals surface area contributed by atoms with Gasteiger partial charge < -0.3 is 25.4 Å². The molecule has 2 aliphatic rings. The predicted octanol–water partition coefficient (Wildman–Crippen LogP) is 6.57. The van der Waals surface area contributed by atoms with Crippen LogP contribution in [0.15, 0.2) is 90.3 Å². The summed E-state index contributed by atoms with van der Waals surface area (Å²) in [5.74, 6) is 1.82. The van der Waals surface area contributed by atoms with Crippen LogP contribution in [-0.4, -0.2) is 64.9 Å². The number of H-pyrrole nitrogens is 1. The summed E-state index contributed by atoms with van der Waals surface area (Å²) in [5, 5.41) is 27.7. The second-order valence-electron chi connectivity index (χ2n) is 11.8. The number of nitrogens with zero attached hydrogens (tertiary/aromatic N) is 3. The number of halogens is 1. The number of thiophene rings is 1. The van der Waals surface area contributed by atoms with E-state index < -0.39 is 0 Å². The second-order valence-corrected chi connectivity index (χ2v) is 12.8. The third-order valence-electron chi connectivity index (χ3n) is 8.64. The molecule has 10 nitrogen and oxygen atoms in total. The smallest absolute Gasteiger partial charge is 0.255 e. The van der Waals surface area contributed by atoms with E-state index in [9.17, 15) is 4.79 Å². The molecule has 8 rings (SSSR count). The number of nitrogens with one attached hydrogen (secondary N) is 4. The van der Waals surface area contributed by atoms with Gasteiger partial charge in [-0.1, -0.05) is 30.3 Å². The van der Waals surface area contributed by atoms with Crippen LogP contribution in [0, 0.1) is 0 Å². The van der Waals surface area contributed by atoms with Gasteiger partial charge in [-0.05, 0) is 108 Å². The highest BCUT2D eigenvalue weighted by molar-refractivity contribution is 7.17. The average Bonchev–Trinajstić information content (AvgIpc) is 3.94. The van der Waals surface area contributed by atoms with Crippen LogP contribution >= 0.6 is 23.7 Å². The lowest BCUT2D eigenvalue weighted by Crippen LogP contribution is -2.20. The number of carbonyl (C=O) groups excluding carboxylic acids is 1. The van der Waals surface area contributed by atoms with Crippen LogP contribution < -0.4 is 25.4 Å². The Morgan fingerprint density at radius 1 is 0.792 bits per heavy atom. The molecule has 2 aliphatic heterocycles. The number of fused-ring (bicyclic) bond motifs is 1. The maximum absolute atomic E-state index is 13.8. The van der Waals surface area contributed by atoms with Crippen molar-refractivity contribution >= 4 is 45.4 Å². The van der Waals surface area contributed by atoms with Crippen LogP contribution in [0.4, 0.5) is 5.69 Å². The summed E-state index contributed by atoms with van der Waals surface area (Å²) in [7, 11) is 0. The molecule has 0 spiro atoms. The molecule has 4 heterocycles. The zero-order valence-electron chi connectivity index (χ0n) is 25.9. The van der Waals surface area contributed by atoms with Crippen molar-refractivity contribution in [3.05, 3.63) is 95.9 Å². The van der Waals surface area contributed by atoms with Crippen molar-refractivity contribution in [2.24, 2.45) is 0 Å². The van der Waals surface area contributed by atoms with Gasteiger partial charge in [0.15, 0.2) is 0 Å². The normalized spacial score (nSPS) is 17.2. The largest absolute Gasteiger partial charge is 0.488 e. The number of aromatic amines is 1. The summed E-state index contributed by atoms with van der Waals surface area (Å²) < 4.78 is 14.1. The molecule has 2 unspecified atom stereocenters. The van der Waals surface area contributed by atoms with Crippen LogP contribution in [0.25, 0.3) is 43.7 Å². The van der Waals surface area contributed by atoms with Crippen molar-refractivity contribution in [2.75, 3.05) is 31.5 Å². The molecule has 2 aromatic heterocycles. The fourth-order valence-corrected chi connectivity index (χ4v) is 7.02. The molecule has 244 valence electrons. The van der Waals surface area contributed by atoms with Gasteiger partial charge in [0, 0.05) is 45.7 Å². The van der Waals surface area contributed by atoms with E-state index in [-0.39, 0.29) is 30.5 Å². The number of carbonyl (C=O) groups is 1. The van der Waals surface area contributed by atoms with E-state index >= 15 is 0 Å². The summed E-state index contributed by atoms with van der Waals surface area (Å²) in [5.41, 5.74) is 5.71. The number of ether oxygens (including phenoxy) is 2. The molecule has 0 saturated carbocycles. The minimum absolute atomic E-state index is 0. The number of hydrogen-bond donors (Lipinski definition) is 4. The molecule has 1 amide bonds. The Kier molecular flexibility index (Phi) is 9.35. The molecule has 0 bridgehead atoms. The first kappa shape index (κ1) is 31.8. The Balaban J connectivity index is 0.00000364.